The summed E-state index contributed by atoms with van der Waals surface area (Å²) in [6.45, 7) is 5.75. The number of hydrogen-bond donors (Lipinski definition) is 0. The number of nitrogens with zero attached hydrogens (tertiary/aromatic N) is 1. The summed E-state index contributed by atoms with van der Waals surface area (Å²) in [7, 11) is -3.63. The summed E-state index contributed by atoms with van der Waals surface area (Å²) in [6, 6.07) is 10.9. The molecule has 172 valence electrons. The molecule has 6 nitrogen and oxygen atoms in total. The molecular weight excluding hydrogens is 446 g/mol. The van der Waals surface area contributed by atoms with Gasteiger partial charge in [-0.3, -0.25) is 9.59 Å². The second kappa shape index (κ2) is 10.2. The molecule has 0 N–H and O–H groups in total. The number of thioether (sulfide) groups is 1. The van der Waals surface area contributed by atoms with E-state index >= 15 is 0 Å². The summed E-state index contributed by atoms with van der Waals surface area (Å²) < 4.78 is 33.1. The van der Waals surface area contributed by atoms with E-state index in [-0.39, 0.29) is 25.5 Å². The van der Waals surface area contributed by atoms with E-state index in [9.17, 15) is 18.0 Å². The van der Waals surface area contributed by atoms with Crippen molar-refractivity contribution in [3.63, 3.8) is 0 Å². The van der Waals surface area contributed by atoms with Crippen LogP contribution in [0.3, 0.4) is 0 Å². The third kappa shape index (κ3) is 5.42. The SMILES string of the molecule is CSc1ccc(C(=O)COC(=O)C2CCN(S(=O)(=O)c3c(C)cc(C)cc3C)CC2)cc1. The van der Waals surface area contributed by atoms with E-state index in [1.54, 1.807) is 23.9 Å². The van der Waals surface area contributed by atoms with Gasteiger partial charge in [0, 0.05) is 23.5 Å². The predicted octanol–water partition coefficient (Wildman–Crippen LogP) is 4.16. The molecule has 0 amide bonds. The number of carbonyl (C=O) groups is 2. The third-order valence-corrected chi connectivity index (χ3v) is 8.70. The van der Waals surface area contributed by atoms with E-state index in [0.29, 0.717) is 23.3 Å². The minimum atomic E-state index is -3.63. The van der Waals surface area contributed by atoms with Gasteiger partial charge in [-0.25, -0.2) is 8.42 Å². The molecule has 0 bridgehead atoms. The number of Topliss-reactive ketones (excluding diaryl/α,β-unsaturated/α-hetero) is 1. The highest BCUT2D eigenvalue weighted by Gasteiger charge is 2.34. The Hall–Kier alpha value is -2.16. The minimum Gasteiger partial charge on any atom is -0.457 e. The summed E-state index contributed by atoms with van der Waals surface area (Å²) >= 11 is 1.59. The maximum absolute atomic E-state index is 13.2. The Morgan fingerprint density at radius 2 is 1.59 bits per heavy atom. The fourth-order valence-electron chi connectivity index (χ4n) is 4.15. The largest absolute Gasteiger partial charge is 0.457 e. The van der Waals surface area contributed by atoms with Gasteiger partial charge in [0.05, 0.1) is 10.8 Å². The number of aryl methyl sites for hydroxylation is 3. The average Bonchev–Trinajstić information content (AvgIpc) is 2.76. The monoisotopic (exact) mass is 475 g/mol. The van der Waals surface area contributed by atoms with Crippen molar-refractivity contribution in [2.24, 2.45) is 5.92 Å². The van der Waals surface area contributed by atoms with Crippen LogP contribution in [0.1, 0.15) is 39.9 Å². The van der Waals surface area contributed by atoms with Gasteiger partial charge in [0.1, 0.15) is 0 Å². The molecule has 1 aliphatic heterocycles. The number of hydrogen-bond acceptors (Lipinski definition) is 6. The van der Waals surface area contributed by atoms with E-state index in [2.05, 4.69) is 0 Å². The van der Waals surface area contributed by atoms with E-state index in [4.69, 9.17) is 4.74 Å². The van der Waals surface area contributed by atoms with Gasteiger partial charge in [0.15, 0.2) is 12.4 Å². The van der Waals surface area contributed by atoms with Crippen LogP contribution in [0.25, 0.3) is 0 Å². The first kappa shape index (κ1) is 24.5. The average molecular weight is 476 g/mol. The highest BCUT2D eigenvalue weighted by atomic mass is 32.2. The predicted molar refractivity (Wildman–Crippen MR) is 126 cm³/mol. The van der Waals surface area contributed by atoms with Crippen LogP contribution < -0.4 is 0 Å². The van der Waals surface area contributed by atoms with Crippen molar-refractivity contribution in [1.29, 1.82) is 0 Å². The fourth-order valence-corrected chi connectivity index (χ4v) is 6.44. The fraction of sp³-hybridized carbons (Fsp3) is 0.417. The molecule has 1 saturated heterocycles. The van der Waals surface area contributed by atoms with E-state index < -0.39 is 21.9 Å². The molecule has 0 aromatic heterocycles. The van der Waals surface area contributed by atoms with Crippen molar-refractivity contribution in [3.05, 3.63) is 58.7 Å². The normalized spacial score (nSPS) is 15.5. The first-order valence-corrected chi connectivity index (χ1v) is 13.2. The van der Waals surface area contributed by atoms with Crippen molar-refractivity contribution in [2.75, 3.05) is 26.0 Å². The highest BCUT2D eigenvalue weighted by Crippen LogP contribution is 2.29. The van der Waals surface area contributed by atoms with Crippen LogP contribution in [0.4, 0.5) is 0 Å². The number of benzene rings is 2. The van der Waals surface area contributed by atoms with E-state index in [1.165, 1.54) is 4.31 Å². The molecule has 3 rings (SSSR count). The molecular formula is C24H29NO5S2. The van der Waals surface area contributed by atoms with Gasteiger partial charge in [-0.05, 0) is 63.1 Å². The number of ketones is 1. The van der Waals surface area contributed by atoms with Crippen molar-refractivity contribution in [2.45, 2.75) is 43.4 Å². The van der Waals surface area contributed by atoms with Gasteiger partial charge < -0.3 is 4.74 Å². The lowest BCUT2D eigenvalue weighted by Gasteiger charge is -2.31. The Bertz CT molecular complexity index is 1080. The maximum Gasteiger partial charge on any atom is 0.309 e. The van der Waals surface area contributed by atoms with Crippen LogP contribution in [0, 0.1) is 26.7 Å². The topological polar surface area (TPSA) is 80.8 Å². The van der Waals surface area contributed by atoms with Gasteiger partial charge in [-0.2, -0.15) is 4.31 Å². The van der Waals surface area contributed by atoms with Crippen LogP contribution in [-0.4, -0.2) is 50.4 Å². The Morgan fingerprint density at radius 1 is 1.03 bits per heavy atom. The van der Waals surface area contributed by atoms with Crippen LogP contribution in [-0.2, 0) is 19.6 Å². The van der Waals surface area contributed by atoms with E-state index in [1.807, 2.05) is 51.3 Å². The summed E-state index contributed by atoms with van der Waals surface area (Å²) in [4.78, 5) is 26.2. The molecule has 0 atom stereocenters. The molecule has 32 heavy (non-hydrogen) atoms. The molecule has 1 heterocycles. The van der Waals surface area contributed by atoms with Crippen molar-refractivity contribution in [3.8, 4) is 0 Å². The standard InChI is InChI=1S/C24H29NO5S2/c1-16-13-17(2)23(18(3)14-16)32(28,29)25-11-9-20(10-12-25)24(27)30-15-22(26)19-5-7-21(31-4)8-6-19/h5-8,13-14,20H,9-12,15H2,1-4H3. The van der Waals surface area contributed by atoms with Crippen LogP contribution in [0.2, 0.25) is 0 Å². The molecule has 0 saturated carbocycles. The first-order valence-electron chi connectivity index (χ1n) is 10.6. The number of sulfonamides is 1. The minimum absolute atomic E-state index is 0.249. The van der Waals surface area contributed by atoms with Crippen molar-refractivity contribution in [1.82, 2.24) is 4.31 Å². The molecule has 1 fully saturated rings. The molecule has 0 unspecified atom stereocenters. The van der Waals surface area contributed by atoms with Gasteiger partial charge in [0.2, 0.25) is 10.0 Å². The number of rotatable bonds is 7. The lowest BCUT2D eigenvalue weighted by atomic mass is 9.98. The molecule has 0 radical (unpaired) electrons. The highest BCUT2D eigenvalue weighted by molar-refractivity contribution is 7.98. The Kier molecular flexibility index (Phi) is 7.79. The summed E-state index contributed by atoms with van der Waals surface area (Å²) in [5, 5.41) is 0. The zero-order valence-electron chi connectivity index (χ0n) is 18.9. The van der Waals surface area contributed by atoms with Gasteiger partial charge in [-0.1, -0.05) is 29.8 Å². The maximum atomic E-state index is 13.2. The van der Waals surface area contributed by atoms with Gasteiger partial charge in [-0.15, -0.1) is 11.8 Å². The van der Waals surface area contributed by atoms with Gasteiger partial charge in [0.25, 0.3) is 0 Å². The quantitative estimate of drug-likeness (QED) is 0.340. The van der Waals surface area contributed by atoms with Crippen molar-refractivity contribution >= 4 is 33.5 Å². The zero-order chi connectivity index (χ0) is 23.5. The molecule has 8 heteroatoms. The third-order valence-electron chi connectivity index (χ3n) is 5.75. The van der Waals surface area contributed by atoms with Gasteiger partial charge >= 0.3 is 5.97 Å². The Morgan fingerprint density at radius 3 is 2.12 bits per heavy atom. The molecule has 0 spiro atoms. The second-order valence-corrected chi connectivity index (χ2v) is 10.9. The van der Waals surface area contributed by atoms with E-state index in [0.717, 1.165) is 21.6 Å². The summed E-state index contributed by atoms with van der Waals surface area (Å²) in [5.41, 5.74) is 2.98. The lowest BCUT2D eigenvalue weighted by molar-refractivity contribution is -0.148. The van der Waals surface area contributed by atoms with Crippen LogP contribution >= 0.6 is 11.8 Å². The number of ether oxygens (including phenoxy) is 1. The molecule has 1 aliphatic rings. The summed E-state index contributed by atoms with van der Waals surface area (Å²) in [5.74, 6) is -1.11. The number of carbonyl (C=O) groups excluding carboxylic acids is 2. The summed E-state index contributed by atoms with van der Waals surface area (Å²) in [6.07, 6.45) is 2.70. The van der Waals surface area contributed by atoms with Crippen LogP contribution in [0.15, 0.2) is 46.2 Å². The molecule has 2 aromatic carbocycles. The lowest BCUT2D eigenvalue weighted by Crippen LogP contribution is -2.41. The second-order valence-electron chi connectivity index (χ2n) is 8.17. The first-order chi connectivity index (χ1) is 15.1. The Labute approximate surface area is 194 Å². The zero-order valence-corrected chi connectivity index (χ0v) is 20.5. The number of esters is 1. The number of piperidine rings is 1. The smallest absolute Gasteiger partial charge is 0.309 e. The molecule has 2 aromatic rings. The van der Waals surface area contributed by atoms with Crippen molar-refractivity contribution < 1.29 is 22.7 Å². The van der Waals surface area contributed by atoms with Crippen LogP contribution in [0.5, 0.6) is 0 Å². The molecule has 0 aliphatic carbocycles. The Balaban J connectivity index is 1.57.